The third kappa shape index (κ3) is 4.37. The summed E-state index contributed by atoms with van der Waals surface area (Å²) in [7, 11) is 0. The van der Waals surface area contributed by atoms with Crippen molar-refractivity contribution >= 4 is 21.8 Å². The van der Waals surface area contributed by atoms with Gasteiger partial charge in [0.2, 0.25) is 0 Å². The van der Waals surface area contributed by atoms with E-state index < -0.39 is 0 Å². The van der Waals surface area contributed by atoms with Crippen LogP contribution in [0.1, 0.15) is 10.4 Å². The second kappa shape index (κ2) is 6.89. The first-order valence-corrected chi connectivity index (χ1v) is 6.61. The first-order chi connectivity index (χ1) is 9.25. The number of nitrogens with one attached hydrogen (secondary N) is 1. The first-order valence-electron chi connectivity index (χ1n) is 5.82. The minimum absolute atomic E-state index is 0.147. The predicted molar refractivity (Wildman–Crippen MR) is 76.2 cm³/mol. The van der Waals surface area contributed by atoms with Crippen molar-refractivity contribution in [3.05, 3.63) is 58.8 Å². The van der Waals surface area contributed by atoms with E-state index in [2.05, 4.69) is 26.2 Å². The smallest absolute Gasteiger partial charge is 0.252 e. The average Bonchev–Trinajstić information content (AvgIpc) is 2.44. The number of carbonyl (C=O) groups excluding carboxylic acids is 1. The molecule has 2 aromatic rings. The molecule has 5 heteroatoms. The number of hydrogen-bond acceptors (Lipinski definition) is 3. The van der Waals surface area contributed by atoms with Gasteiger partial charge in [-0.25, -0.2) is 0 Å². The Morgan fingerprint density at radius 2 is 2.21 bits per heavy atom. The van der Waals surface area contributed by atoms with E-state index in [0.717, 1.165) is 10.2 Å². The molecule has 4 nitrogen and oxygen atoms in total. The number of benzene rings is 1. The molecule has 0 aliphatic rings. The molecule has 19 heavy (non-hydrogen) atoms. The van der Waals surface area contributed by atoms with Gasteiger partial charge in [-0.2, -0.15) is 0 Å². The molecule has 0 spiro atoms. The van der Waals surface area contributed by atoms with Gasteiger partial charge in [0.15, 0.2) is 0 Å². The number of aromatic nitrogens is 1. The number of pyridine rings is 1. The van der Waals surface area contributed by atoms with Crippen LogP contribution >= 0.6 is 15.9 Å². The van der Waals surface area contributed by atoms with Gasteiger partial charge in [-0.05, 0) is 30.3 Å². The fourth-order valence-electron chi connectivity index (χ4n) is 1.49. The molecule has 1 N–H and O–H groups in total. The quantitative estimate of drug-likeness (QED) is 0.862. The lowest BCUT2D eigenvalue weighted by Gasteiger charge is -2.07. The van der Waals surface area contributed by atoms with Gasteiger partial charge in [-0.1, -0.05) is 22.0 Å². The van der Waals surface area contributed by atoms with E-state index >= 15 is 0 Å². The molecule has 0 unspecified atom stereocenters. The van der Waals surface area contributed by atoms with Crippen LogP contribution in [-0.4, -0.2) is 24.0 Å². The van der Waals surface area contributed by atoms with Gasteiger partial charge in [0, 0.05) is 16.9 Å². The second-order valence-corrected chi connectivity index (χ2v) is 4.72. The highest BCUT2D eigenvalue weighted by Gasteiger charge is 2.03. The topological polar surface area (TPSA) is 51.2 Å². The zero-order valence-corrected chi connectivity index (χ0v) is 11.8. The first kappa shape index (κ1) is 13.5. The molecule has 1 aromatic carbocycles. The van der Waals surface area contributed by atoms with Gasteiger partial charge < -0.3 is 10.1 Å². The van der Waals surface area contributed by atoms with E-state index in [4.69, 9.17) is 4.74 Å². The SMILES string of the molecule is O=C(NCCOc1cccc(Br)c1)c1cccnc1. The van der Waals surface area contributed by atoms with E-state index in [0.29, 0.717) is 18.7 Å². The molecule has 0 atom stereocenters. The number of nitrogens with zero attached hydrogens (tertiary/aromatic N) is 1. The summed E-state index contributed by atoms with van der Waals surface area (Å²) >= 11 is 3.37. The number of rotatable bonds is 5. The average molecular weight is 321 g/mol. The summed E-state index contributed by atoms with van der Waals surface area (Å²) < 4.78 is 6.48. The number of ether oxygens (including phenoxy) is 1. The van der Waals surface area contributed by atoms with Crippen LogP contribution < -0.4 is 10.1 Å². The summed E-state index contributed by atoms with van der Waals surface area (Å²) in [5.74, 6) is 0.621. The van der Waals surface area contributed by atoms with E-state index in [1.54, 1.807) is 18.3 Å². The van der Waals surface area contributed by atoms with Crippen LogP contribution in [0, 0.1) is 0 Å². The Hall–Kier alpha value is -1.88. The molecule has 98 valence electrons. The van der Waals surface area contributed by atoms with Gasteiger partial charge >= 0.3 is 0 Å². The standard InChI is InChI=1S/C14H13BrN2O2/c15-12-4-1-5-13(9-12)19-8-7-17-14(18)11-3-2-6-16-10-11/h1-6,9-10H,7-8H2,(H,17,18). The maximum atomic E-state index is 11.7. The molecule has 0 aliphatic carbocycles. The molecule has 1 amide bonds. The van der Waals surface area contributed by atoms with Crippen LogP contribution in [0.5, 0.6) is 5.75 Å². The van der Waals surface area contributed by atoms with E-state index in [1.165, 1.54) is 6.20 Å². The van der Waals surface area contributed by atoms with Crippen LogP contribution in [0.25, 0.3) is 0 Å². The summed E-state index contributed by atoms with van der Waals surface area (Å²) in [6.45, 7) is 0.864. The molecule has 1 aromatic heterocycles. The Morgan fingerprint density at radius 1 is 1.32 bits per heavy atom. The molecule has 2 rings (SSSR count). The van der Waals surface area contributed by atoms with Gasteiger partial charge in [0.05, 0.1) is 12.1 Å². The van der Waals surface area contributed by atoms with E-state index in [-0.39, 0.29) is 5.91 Å². The monoisotopic (exact) mass is 320 g/mol. The highest BCUT2D eigenvalue weighted by atomic mass is 79.9. The fourth-order valence-corrected chi connectivity index (χ4v) is 1.87. The lowest BCUT2D eigenvalue weighted by atomic mass is 10.3. The van der Waals surface area contributed by atoms with Crippen molar-refractivity contribution < 1.29 is 9.53 Å². The van der Waals surface area contributed by atoms with Crippen LogP contribution in [0.4, 0.5) is 0 Å². The maximum Gasteiger partial charge on any atom is 0.252 e. The van der Waals surface area contributed by atoms with Crippen molar-refractivity contribution in [2.24, 2.45) is 0 Å². The second-order valence-electron chi connectivity index (χ2n) is 3.80. The Balaban J connectivity index is 1.74. The van der Waals surface area contributed by atoms with Crippen molar-refractivity contribution in [1.82, 2.24) is 10.3 Å². The van der Waals surface area contributed by atoms with Crippen LogP contribution in [0.2, 0.25) is 0 Å². The third-order valence-corrected chi connectivity index (χ3v) is 2.87. The zero-order chi connectivity index (χ0) is 13.5. The van der Waals surface area contributed by atoms with E-state index in [1.807, 2.05) is 24.3 Å². The Labute approximate surface area is 119 Å². The van der Waals surface area contributed by atoms with Crippen molar-refractivity contribution in [3.8, 4) is 5.75 Å². The summed E-state index contributed by atoms with van der Waals surface area (Å²) in [6.07, 6.45) is 3.16. The van der Waals surface area contributed by atoms with Crippen LogP contribution in [0.15, 0.2) is 53.3 Å². The van der Waals surface area contributed by atoms with Gasteiger partial charge in [0.1, 0.15) is 12.4 Å². The largest absolute Gasteiger partial charge is 0.492 e. The molecule has 1 heterocycles. The lowest BCUT2D eigenvalue weighted by Crippen LogP contribution is -2.28. The minimum atomic E-state index is -0.147. The third-order valence-electron chi connectivity index (χ3n) is 2.38. The highest BCUT2D eigenvalue weighted by Crippen LogP contribution is 2.17. The maximum absolute atomic E-state index is 11.7. The molecule has 0 bridgehead atoms. The molecular weight excluding hydrogens is 308 g/mol. The van der Waals surface area contributed by atoms with Gasteiger partial charge in [-0.3, -0.25) is 9.78 Å². The fraction of sp³-hybridized carbons (Fsp3) is 0.143. The predicted octanol–water partition coefficient (Wildman–Crippen LogP) is 2.65. The molecule has 0 aliphatic heterocycles. The Bertz CT molecular complexity index is 546. The summed E-state index contributed by atoms with van der Waals surface area (Å²) in [4.78, 5) is 15.6. The van der Waals surface area contributed by atoms with Crippen LogP contribution in [-0.2, 0) is 0 Å². The summed E-state index contributed by atoms with van der Waals surface area (Å²) in [6, 6.07) is 11.0. The number of hydrogen-bond donors (Lipinski definition) is 1. The molecule has 0 fully saturated rings. The highest BCUT2D eigenvalue weighted by molar-refractivity contribution is 9.10. The van der Waals surface area contributed by atoms with E-state index in [9.17, 15) is 4.79 Å². The Kier molecular flexibility index (Phi) is 4.92. The molecule has 0 saturated heterocycles. The minimum Gasteiger partial charge on any atom is -0.492 e. The lowest BCUT2D eigenvalue weighted by molar-refractivity contribution is 0.0946. The van der Waals surface area contributed by atoms with Crippen molar-refractivity contribution in [2.75, 3.05) is 13.2 Å². The summed E-state index contributed by atoms with van der Waals surface area (Å²) in [5, 5.41) is 2.77. The molecule has 0 saturated carbocycles. The normalized spacial score (nSPS) is 9.95. The van der Waals surface area contributed by atoms with Gasteiger partial charge in [0.25, 0.3) is 5.91 Å². The van der Waals surface area contributed by atoms with Gasteiger partial charge in [-0.15, -0.1) is 0 Å². The van der Waals surface area contributed by atoms with Crippen molar-refractivity contribution in [3.63, 3.8) is 0 Å². The molecular formula is C14H13BrN2O2. The Morgan fingerprint density at radius 3 is 2.95 bits per heavy atom. The molecule has 0 radical (unpaired) electrons. The number of halogens is 1. The van der Waals surface area contributed by atoms with Crippen molar-refractivity contribution in [1.29, 1.82) is 0 Å². The van der Waals surface area contributed by atoms with Crippen LogP contribution in [0.3, 0.4) is 0 Å². The number of carbonyl (C=O) groups is 1. The summed E-state index contributed by atoms with van der Waals surface area (Å²) in [5.41, 5.74) is 0.546. The number of amides is 1. The zero-order valence-electron chi connectivity index (χ0n) is 10.2. The van der Waals surface area contributed by atoms with Crippen molar-refractivity contribution in [2.45, 2.75) is 0 Å².